The first-order chi connectivity index (χ1) is 13.6. The van der Waals surface area contributed by atoms with Crippen LogP contribution in [0.15, 0.2) is 67.0 Å². The molecule has 2 aromatic carbocycles. The number of imidazole rings is 1. The van der Waals surface area contributed by atoms with Crippen molar-refractivity contribution in [1.29, 1.82) is 0 Å². The van der Waals surface area contributed by atoms with Crippen molar-refractivity contribution in [2.45, 2.75) is 6.92 Å². The molecule has 0 atom stereocenters. The Morgan fingerprint density at radius 2 is 1.89 bits per heavy atom. The van der Waals surface area contributed by atoms with Gasteiger partial charge in [0.05, 0.1) is 12.8 Å². The van der Waals surface area contributed by atoms with Gasteiger partial charge in [-0.25, -0.2) is 9.97 Å². The lowest BCUT2D eigenvalue weighted by Gasteiger charge is -2.12. The van der Waals surface area contributed by atoms with Gasteiger partial charge in [-0.3, -0.25) is 9.20 Å². The van der Waals surface area contributed by atoms with Crippen LogP contribution in [0.5, 0.6) is 11.5 Å². The average Bonchev–Trinajstić information content (AvgIpc) is 3.17. The first-order valence-corrected chi connectivity index (χ1v) is 8.67. The number of hydrogen-bond donors (Lipinski definition) is 1. The lowest BCUT2D eigenvalue weighted by molar-refractivity contribution is -0.132. The number of ether oxygens (including phenoxy) is 2. The zero-order valence-electron chi connectivity index (χ0n) is 15.4. The van der Waals surface area contributed by atoms with Gasteiger partial charge in [0.2, 0.25) is 5.95 Å². The summed E-state index contributed by atoms with van der Waals surface area (Å²) in [7, 11) is 1.53. The molecule has 7 nitrogen and oxygen atoms in total. The highest BCUT2D eigenvalue weighted by atomic mass is 16.6. The van der Waals surface area contributed by atoms with Crippen molar-refractivity contribution in [3.8, 4) is 22.8 Å². The molecular formula is C21H18N4O3. The van der Waals surface area contributed by atoms with E-state index in [-0.39, 0.29) is 0 Å². The number of esters is 1. The molecule has 0 saturated heterocycles. The Morgan fingerprint density at radius 1 is 1.07 bits per heavy atom. The number of methoxy groups -OCH3 is 1. The molecule has 0 unspecified atom stereocenters. The van der Waals surface area contributed by atoms with E-state index in [2.05, 4.69) is 10.3 Å². The number of para-hydroxylation sites is 1. The lowest BCUT2D eigenvalue weighted by Crippen LogP contribution is -2.04. The molecule has 0 aliphatic heterocycles. The molecule has 4 rings (SSSR count). The van der Waals surface area contributed by atoms with Crippen LogP contribution in [-0.4, -0.2) is 27.4 Å². The van der Waals surface area contributed by atoms with Gasteiger partial charge in [-0.1, -0.05) is 18.2 Å². The van der Waals surface area contributed by atoms with Gasteiger partial charge < -0.3 is 14.8 Å². The Balaban J connectivity index is 1.80. The number of benzene rings is 2. The van der Waals surface area contributed by atoms with Crippen LogP contribution in [0.4, 0.5) is 11.6 Å². The quantitative estimate of drug-likeness (QED) is 0.419. The predicted octanol–water partition coefficient (Wildman–Crippen LogP) is 4.07. The summed E-state index contributed by atoms with van der Waals surface area (Å²) in [5, 5.41) is 3.31. The molecule has 4 aromatic rings. The number of fused-ring (bicyclic) bond motifs is 1. The Bertz CT molecular complexity index is 1140. The SMILES string of the molecule is COc1ccc(-c2cc3nccn3c(Nc3ccccc3)n2)cc1OC(C)=O. The van der Waals surface area contributed by atoms with Crippen molar-refractivity contribution < 1.29 is 14.3 Å². The zero-order chi connectivity index (χ0) is 19.5. The van der Waals surface area contributed by atoms with Crippen LogP contribution in [0.2, 0.25) is 0 Å². The molecule has 0 fully saturated rings. The zero-order valence-corrected chi connectivity index (χ0v) is 15.4. The number of rotatable bonds is 5. The summed E-state index contributed by atoms with van der Waals surface area (Å²) in [6.45, 7) is 1.35. The molecule has 2 heterocycles. The van der Waals surface area contributed by atoms with Crippen LogP contribution in [0.1, 0.15) is 6.92 Å². The highest BCUT2D eigenvalue weighted by molar-refractivity contribution is 5.74. The van der Waals surface area contributed by atoms with E-state index in [1.165, 1.54) is 14.0 Å². The fourth-order valence-electron chi connectivity index (χ4n) is 2.88. The molecule has 2 aromatic heterocycles. The summed E-state index contributed by atoms with van der Waals surface area (Å²) in [4.78, 5) is 20.5. The lowest BCUT2D eigenvalue weighted by atomic mass is 10.1. The molecule has 0 aliphatic carbocycles. The fourth-order valence-corrected chi connectivity index (χ4v) is 2.88. The van der Waals surface area contributed by atoms with E-state index in [0.29, 0.717) is 23.1 Å². The summed E-state index contributed by atoms with van der Waals surface area (Å²) in [5.41, 5.74) is 3.12. The third-order valence-electron chi connectivity index (χ3n) is 4.13. The highest BCUT2D eigenvalue weighted by Crippen LogP contribution is 2.33. The Labute approximate surface area is 161 Å². The standard InChI is InChI=1S/C21H18N4O3/c1-14(26)28-19-12-15(8-9-18(19)27-2)17-13-20-22-10-11-25(20)21(24-17)23-16-6-4-3-5-7-16/h3-13H,1-2H3,(H,23,24). The maximum absolute atomic E-state index is 11.4. The number of anilines is 2. The monoisotopic (exact) mass is 374 g/mol. The van der Waals surface area contributed by atoms with E-state index in [1.807, 2.05) is 53.1 Å². The third-order valence-corrected chi connectivity index (χ3v) is 4.13. The molecule has 0 aliphatic rings. The van der Waals surface area contributed by atoms with Crippen LogP contribution >= 0.6 is 0 Å². The first-order valence-electron chi connectivity index (χ1n) is 8.67. The van der Waals surface area contributed by atoms with E-state index in [1.54, 1.807) is 18.3 Å². The van der Waals surface area contributed by atoms with Crippen LogP contribution in [0.25, 0.3) is 16.9 Å². The second-order valence-electron chi connectivity index (χ2n) is 6.07. The molecule has 140 valence electrons. The van der Waals surface area contributed by atoms with E-state index in [4.69, 9.17) is 14.5 Å². The normalized spacial score (nSPS) is 10.6. The predicted molar refractivity (Wildman–Crippen MR) is 106 cm³/mol. The number of nitrogens with one attached hydrogen (secondary N) is 1. The topological polar surface area (TPSA) is 77.8 Å². The molecule has 0 amide bonds. The summed E-state index contributed by atoms with van der Waals surface area (Å²) in [5.74, 6) is 1.03. The molecule has 7 heteroatoms. The molecule has 28 heavy (non-hydrogen) atoms. The maximum atomic E-state index is 11.4. The van der Waals surface area contributed by atoms with Gasteiger partial charge in [0.25, 0.3) is 0 Å². The van der Waals surface area contributed by atoms with E-state index in [0.717, 1.165) is 16.9 Å². The van der Waals surface area contributed by atoms with Gasteiger partial charge in [-0.2, -0.15) is 0 Å². The van der Waals surface area contributed by atoms with Crippen LogP contribution in [0, 0.1) is 0 Å². The number of carbonyl (C=O) groups excluding carboxylic acids is 1. The first kappa shape index (κ1) is 17.5. The van der Waals surface area contributed by atoms with Crippen molar-refractivity contribution >= 4 is 23.3 Å². The van der Waals surface area contributed by atoms with Crippen molar-refractivity contribution in [3.63, 3.8) is 0 Å². The highest BCUT2D eigenvalue weighted by Gasteiger charge is 2.13. The van der Waals surface area contributed by atoms with Crippen LogP contribution in [-0.2, 0) is 4.79 Å². The summed E-state index contributed by atoms with van der Waals surface area (Å²) >= 11 is 0. The van der Waals surface area contributed by atoms with Crippen molar-refractivity contribution in [2.24, 2.45) is 0 Å². The Kier molecular flexibility index (Phi) is 4.63. The van der Waals surface area contributed by atoms with E-state index < -0.39 is 5.97 Å². The smallest absolute Gasteiger partial charge is 0.308 e. The second kappa shape index (κ2) is 7.40. The number of hydrogen-bond acceptors (Lipinski definition) is 6. The minimum Gasteiger partial charge on any atom is -0.493 e. The van der Waals surface area contributed by atoms with Crippen molar-refractivity contribution in [2.75, 3.05) is 12.4 Å². The van der Waals surface area contributed by atoms with E-state index in [9.17, 15) is 4.79 Å². The number of carbonyl (C=O) groups is 1. The van der Waals surface area contributed by atoms with Gasteiger partial charge in [0.1, 0.15) is 5.65 Å². The van der Waals surface area contributed by atoms with Crippen LogP contribution < -0.4 is 14.8 Å². The minimum absolute atomic E-state index is 0.343. The van der Waals surface area contributed by atoms with Gasteiger partial charge in [0.15, 0.2) is 11.5 Å². The molecule has 0 bridgehead atoms. The fraction of sp³-hybridized carbons (Fsp3) is 0.0952. The third kappa shape index (κ3) is 3.50. The van der Waals surface area contributed by atoms with Gasteiger partial charge in [-0.05, 0) is 30.3 Å². The van der Waals surface area contributed by atoms with Crippen molar-refractivity contribution in [3.05, 3.63) is 67.0 Å². The van der Waals surface area contributed by atoms with Gasteiger partial charge in [0, 0.05) is 36.6 Å². The summed E-state index contributed by atoms with van der Waals surface area (Å²) in [6.07, 6.45) is 3.56. The largest absolute Gasteiger partial charge is 0.493 e. The summed E-state index contributed by atoms with van der Waals surface area (Å²) < 4.78 is 12.4. The van der Waals surface area contributed by atoms with Gasteiger partial charge in [-0.15, -0.1) is 0 Å². The van der Waals surface area contributed by atoms with E-state index >= 15 is 0 Å². The molecule has 0 radical (unpaired) electrons. The number of nitrogens with zero attached hydrogens (tertiary/aromatic N) is 3. The van der Waals surface area contributed by atoms with Crippen molar-refractivity contribution in [1.82, 2.24) is 14.4 Å². The maximum Gasteiger partial charge on any atom is 0.308 e. The molecule has 0 saturated carbocycles. The molecule has 1 N–H and O–H groups in total. The second-order valence-corrected chi connectivity index (χ2v) is 6.07. The Morgan fingerprint density at radius 3 is 2.64 bits per heavy atom. The summed E-state index contributed by atoms with van der Waals surface area (Å²) in [6, 6.07) is 17.0. The average molecular weight is 374 g/mol. The molecular weight excluding hydrogens is 356 g/mol. The van der Waals surface area contributed by atoms with Crippen LogP contribution in [0.3, 0.4) is 0 Å². The van der Waals surface area contributed by atoms with Gasteiger partial charge >= 0.3 is 5.97 Å². The number of aromatic nitrogens is 3. The Hall–Kier alpha value is -3.87. The minimum atomic E-state index is -0.418. The molecule has 0 spiro atoms.